The molecule has 39 heavy (non-hydrogen) atoms. The van der Waals surface area contributed by atoms with E-state index in [1.54, 1.807) is 0 Å². The van der Waals surface area contributed by atoms with Gasteiger partial charge in [-0.1, -0.05) is 72.8 Å². The zero-order chi connectivity index (χ0) is 27.4. The monoisotopic (exact) mass is 523 g/mol. The topological polar surface area (TPSA) is 78.5 Å². The molecule has 2 aliphatic rings. The van der Waals surface area contributed by atoms with Gasteiger partial charge in [0.1, 0.15) is 0 Å². The molecule has 1 aliphatic carbocycles. The Kier molecular flexibility index (Phi) is 7.82. The quantitative estimate of drug-likeness (QED) is 0.491. The van der Waals surface area contributed by atoms with E-state index in [0.717, 1.165) is 35.1 Å². The average molecular weight is 524 g/mol. The predicted molar refractivity (Wildman–Crippen MR) is 153 cm³/mol. The molecule has 1 fully saturated rings. The third-order valence-electron chi connectivity index (χ3n) is 8.43. The molecule has 2 unspecified atom stereocenters. The molecule has 202 valence electrons. The highest BCUT2D eigenvalue weighted by atomic mass is 16.2. The first-order valence-electron chi connectivity index (χ1n) is 14.0. The standard InChI is InChI=1S/C33H37N3O3/c1-3-34-32(39)33(24-12-5-4-6-13-24)20-17-28(27-15-9-10-16-29(27)33)31(38)36-21-18-25(19-22-36)35-30(37)26-14-8-7-11-23(26)2/h4-16,25,28H,3,17-22H2,1-2H3,(H,34,39)(H,35,37). The van der Waals surface area contributed by atoms with Gasteiger partial charge in [0.25, 0.3) is 5.91 Å². The van der Waals surface area contributed by atoms with Crippen molar-refractivity contribution in [2.45, 2.75) is 56.9 Å². The number of nitrogens with one attached hydrogen (secondary N) is 2. The van der Waals surface area contributed by atoms with E-state index in [-0.39, 0.29) is 29.7 Å². The van der Waals surface area contributed by atoms with E-state index >= 15 is 0 Å². The Bertz CT molecular complexity index is 1350. The molecule has 0 bridgehead atoms. The molecule has 0 spiro atoms. The predicted octanol–water partition coefficient (Wildman–Crippen LogP) is 4.72. The van der Waals surface area contributed by atoms with Crippen molar-refractivity contribution in [3.8, 4) is 0 Å². The lowest BCUT2D eigenvalue weighted by molar-refractivity contribution is -0.135. The molecule has 5 rings (SSSR count). The van der Waals surface area contributed by atoms with Gasteiger partial charge in [-0.25, -0.2) is 0 Å². The van der Waals surface area contributed by atoms with Gasteiger partial charge >= 0.3 is 0 Å². The number of hydrogen-bond acceptors (Lipinski definition) is 3. The summed E-state index contributed by atoms with van der Waals surface area (Å²) < 4.78 is 0. The minimum absolute atomic E-state index is 0.0141. The molecular formula is C33H37N3O3. The second-order valence-electron chi connectivity index (χ2n) is 10.7. The summed E-state index contributed by atoms with van der Waals surface area (Å²) in [6.45, 7) is 5.64. The van der Waals surface area contributed by atoms with Gasteiger partial charge in [0.2, 0.25) is 11.8 Å². The second kappa shape index (κ2) is 11.4. The van der Waals surface area contributed by atoms with Crippen LogP contribution in [0.15, 0.2) is 78.9 Å². The zero-order valence-corrected chi connectivity index (χ0v) is 22.8. The van der Waals surface area contributed by atoms with Crippen LogP contribution in [0, 0.1) is 6.92 Å². The first kappa shape index (κ1) is 26.7. The molecule has 1 aliphatic heterocycles. The fourth-order valence-electron chi connectivity index (χ4n) is 6.35. The van der Waals surface area contributed by atoms with Crippen molar-refractivity contribution in [3.63, 3.8) is 0 Å². The van der Waals surface area contributed by atoms with Crippen molar-refractivity contribution < 1.29 is 14.4 Å². The summed E-state index contributed by atoms with van der Waals surface area (Å²) in [6, 6.07) is 25.5. The van der Waals surface area contributed by atoms with Crippen LogP contribution in [0.4, 0.5) is 0 Å². The number of fused-ring (bicyclic) bond motifs is 1. The lowest BCUT2D eigenvalue weighted by atomic mass is 9.62. The van der Waals surface area contributed by atoms with Gasteiger partial charge in [0.05, 0.1) is 11.3 Å². The third kappa shape index (κ3) is 5.08. The van der Waals surface area contributed by atoms with Crippen molar-refractivity contribution in [3.05, 3.63) is 107 Å². The maximum atomic E-state index is 13.9. The van der Waals surface area contributed by atoms with Gasteiger partial charge in [0, 0.05) is 31.2 Å². The number of likely N-dealkylation sites (tertiary alicyclic amines) is 1. The average Bonchev–Trinajstić information content (AvgIpc) is 2.97. The number of benzene rings is 3. The number of hydrogen-bond donors (Lipinski definition) is 2. The largest absolute Gasteiger partial charge is 0.355 e. The summed E-state index contributed by atoms with van der Waals surface area (Å²) in [7, 11) is 0. The molecule has 0 radical (unpaired) electrons. The van der Waals surface area contributed by atoms with E-state index < -0.39 is 5.41 Å². The van der Waals surface area contributed by atoms with Crippen LogP contribution in [-0.2, 0) is 15.0 Å². The Morgan fingerprint density at radius 1 is 0.872 bits per heavy atom. The summed E-state index contributed by atoms with van der Waals surface area (Å²) in [5.41, 5.74) is 3.66. The molecule has 3 amide bonds. The second-order valence-corrected chi connectivity index (χ2v) is 10.7. The number of piperidine rings is 1. The van der Waals surface area contributed by atoms with Gasteiger partial charge in [0.15, 0.2) is 0 Å². The number of amides is 3. The van der Waals surface area contributed by atoms with E-state index in [9.17, 15) is 14.4 Å². The molecular weight excluding hydrogens is 486 g/mol. The molecule has 3 aromatic carbocycles. The Morgan fingerprint density at radius 3 is 2.26 bits per heavy atom. The van der Waals surface area contributed by atoms with Crippen LogP contribution >= 0.6 is 0 Å². The smallest absolute Gasteiger partial charge is 0.251 e. The van der Waals surface area contributed by atoms with E-state index in [2.05, 4.69) is 10.6 Å². The van der Waals surface area contributed by atoms with Crippen LogP contribution in [0.5, 0.6) is 0 Å². The van der Waals surface area contributed by atoms with Crippen molar-refractivity contribution >= 4 is 17.7 Å². The molecule has 6 heteroatoms. The highest BCUT2D eigenvalue weighted by molar-refractivity contribution is 5.96. The van der Waals surface area contributed by atoms with Gasteiger partial charge in [-0.05, 0) is 67.9 Å². The van der Waals surface area contributed by atoms with Crippen LogP contribution in [0.1, 0.15) is 71.1 Å². The highest BCUT2D eigenvalue weighted by Crippen LogP contribution is 2.47. The lowest BCUT2D eigenvalue weighted by Gasteiger charge is -2.42. The van der Waals surface area contributed by atoms with E-state index in [1.165, 1.54) is 0 Å². The lowest BCUT2D eigenvalue weighted by Crippen LogP contribution is -2.51. The van der Waals surface area contributed by atoms with Gasteiger partial charge in [-0.2, -0.15) is 0 Å². The minimum Gasteiger partial charge on any atom is -0.355 e. The number of carbonyl (C=O) groups excluding carboxylic acids is 3. The highest BCUT2D eigenvalue weighted by Gasteiger charge is 2.48. The van der Waals surface area contributed by atoms with Crippen molar-refractivity contribution in [1.29, 1.82) is 0 Å². The Balaban J connectivity index is 1.33. The third-order valence-corrected chi connectivity index (χ3v) is 8.43. The van der Waals surface area contributed by atoms with Crippen molar-refractivity contribution in [2.24, 2.45) is 0 Å². The summed E-state index contributed by atoms with van der Waals surface area (Å²) in [6.07, 6.45) is 2.63. The van der Waals surface area contributed by atoms with Crippen molar-refractivity contribution in [2.75, 3.05) is 19.6 Å². The summed E-state index contributed by atoms with van der Waals surface area (Å²) >= 11 is 0. The van der Waals surface area contributed by atoms with Crippen LogP contribution in [0.2, 0.25) is 0 Å². The molecule has 3 aromatic rings. The maximum absolute atomic E-state index is 13.9. The fraction of sp³-hybridized carbons (Fsp3) is 0.364. The maximum Gasteiger partial charge on any atom is 0.251 e. The zero-order valence-electron chi connectivity index (χ0n) is 22.8. The normalized spacial score (nSPS) is 21.1. The van der Waals surface area contributed by atoms with Crippen molar-refractivity contribution in [1.82, 2.24) is 15.5 Å². The molecule has 2 N–H and O–H groups in total. The minimum atomic E-state index is -0.822. The van der Waals surface area contributed by atoms with E-state index in [4.69, 9.17) is 0 Å². The SMILES string of the molecule is CCNC(=O)C1(c2ccccc2)CCC(C(=O)N2CCC(NC(=O)c3ccccc3C)CC2)c2ccccc21. The number of nitrogens with zero attached hydrogens (tertiary/aromatic N) is 1. The number of likely N-dealkylation sites (N-methyl/N-ethyl adjacent to an activating group) is 1. The van der Waals surface area contributed by atoms with E-state index in [1.807, 2.05) is 97.6 Å². The van der Waals surface area contributed by atoms with Gasteiger partial charge in [-0.15, -0.1) is 0 Å². The van der Waals surface area contributed by atoms with Crippen LogP contribution in [0.3, 0.4) is 0 Å². The summed E-state index contributed by atoms with van der Waals surface area (Å²) in [5, 5.41) is 6.23. The van der Waals surface area contributed by atoms with Crippen LogP contribution in [-0.4, -0.2) is 48.3 Å². The molecule has 1 heterocycles. The first-order chi connectivity index (χ1) is 19.0. The number of aryl methyl sites for hydroxylation is 1. The Morgan fingerprint density at radius 2 is 1.54 bits per heavy atom. The molecule has 0 aromatic heterocycles. The fourth-order valence-corrected chi connectivity index (χ4v) is 6.35. The van der Waals surface area contributed by atoms with Crippen LogP contribution < -0.4 is 10.6 Å². The number of carbonyl (C=O) groups is 3. The summed E-state index contributed by atoms with van der Waals surface area (Å²) in [4.78, 5) is 42.3. The van der Waals surface area contributed by atoms with Crippen LogP contribution in [0.25, 0.3) is 0 Å². The first-order valence-corrected chi connectivity index (χ1v) is 14.0. The van der Waals surface area contributed by atoms with Gasteiger partial charge < -0.3 is 15.5 Å². The summed E-state index contributed by atoms with van der Waals surface area (Å²) in [5.74, 6) is -0.240. The Hall–Kier alpha value is -3.93. The van der Waals surface area contributed by atoms with E-state index in [0.29, 0.717) is 38.0 Å². The van der Waals surface area contributed by atoms with Gasteiger partial charge in [-0.3, -0.25) is 14.4 Å². The molecule has 2 atom stereocenters. The molecule has 0 saturated carbocycles. The molecule has 6 nitrogen and oxygen atoms in total. The molecule has 1 saturated heterocycles. The number of rotatable bonds is 6. The Labute approximate surface area is 230 Å².